The summed E-state index contributed by atoms with van der Waals surface area (Å²) in [6, 6.07) is 12.1. The fraction of sp³-hybridized carbons (Fsp3) is 0.143. The normalized spacial score (nSPS) is 10.1. The fourth-order valence-corrected chi connectivity index (χ4v) is 2.03. The molecule has 0 amide bonds. The molecule has 1 N–H and O–H groups in total. The first kappa shape index (κ1) is 14.1. The van der Waals surface area contributed by atoms with Gasteiger partial charge >= 0.3 is 5.69 Å². The number of hydrogen-bond acceptors (Lipinski definition) is 4. The van der Waals surface area contributed by atoms with Crippen molar-refractivity contribution in [3.05, 3.63) is 63.2 Å². The molecule has 104 valence electrons. The highest BCUT2D eigenvalue weighted by Gasteiger charge is 2.20. The Hall–Kier alpha value is -2.27. The maximum absolute atomic E-state index is 11.1. The summed E-state index contributed by atoms with van der Waals surface area (Å²) in [5, 5.41) is 14.5. The molecule has 0 saturated heterocycles. The van der Waals surface area contributed by atoms with Crippen LogP contribution in [0.15, 0.2) is 42.5 Å². The van der Waals surface area contributed by atoms with Gasteiger partial charge in [0.25, 0.3) is 0 Å². The number of nitro benzene ring substituents is 1. The van der Waals surface area contributed by atoms with E-state index in [0.717, 1.165) is 5.56 Å². The van der Waals surface area contributed by atoms with Crippen LogP contribution in [-0.4, -0.2) is 12.0 Å². The van der Waals surface area contributed by atoms with Crippen molar-refractivity contribution >= 4 is 23.0 Å². The third-order valence-electron chi connectivity index (χ3n) is 2.73. The number of nitro groups is 1. The van der Waals surface area contributed by atoms with Gasteiger partial charge in [-0.15, -0.1) is 0 Å². The molecule has 5 nitrogen and oxygen atoms in total. The highest BCUT2D eigenvalue weighted by Crippen LogP contribution is 2.34. The van der Waals surface area contributed by atoms with Crippen LogP contribution in [0.2, 0.25) is 5.02 Å². The molecule has 0 aromatic heterocycles. The third-order valence-corrected chi connectivity index (χ3v) is 2.97. The van der Waals surface area contributed by atoms with Gasteiger partial charge in [-0.1, -0.05) is 29.8 Å². The summed E-state index contributed by atoms with van der Waals surface area (Å²) in [6.07, 6.45) is 0. The molecule has 0 fully saturated rings. The molecule has 0 heterocycles. The summed E-state index contributed by atoms with van der Waals surface area (Å²) >= 11 is 5.88. The number of halogens is 1. The van der Waals surface area contributed by atoms with E-state index in [9.17, 15) is 10.1 Å². The number of nitrogens with one attached hydrogen (secondary N) is 1. The van der Waals surface area contributed by atoms with Crippen LogP contribution in [0, 0.1) is 10.1 Å². The SMILES string of the molecule is CNc1cccc(OCc2cccc(Cl)c2)c1[N+](=O)[O-]. The van der Waals surface area contributed by atoms with E-state index in [4.69, 9.17) is 16.3 Å². The maximum atomic E-state index is 11.1. The van der Waals surface area contributed by atoms with Crippen LogP contribution in [0.1, 0.15) is 5.56 Å². The van der Waals surface area contributed by atoms with Gasteiger partial charge in [-0.05, 0) is 29.8 Å². The molecule has 6 heteroatoms. The summed E-state index contributed by atoms with van der Waals surface area (Å²) < 4.78 is 5.54. The van der Waals surface area contributed by atoms with Crippen molar-refractivity contribution in [1.29, 1.82) is 0 Å². The van der Waals surface area contributed by atoms with Gasteiger partial charge in [-0.2, -0.15) is 0 Å². The quantitative estimate of drug-likeness (QED) is 0.671. The fourth-order valence-electron chi connectivity index (χ4n) is 1.82. The van der Waals surface area contributed by atoms with E-state index in [1.807, 2.05) is 6.07 Å². The molecule has 0 aliphatic rings. The second kappa shape index (κ2) is 6.25. The first-order valence-corrected chi connectivity index (χ1v) is 6.32. The van der Waals surface area contributed by atoms with Gasteiger partial charge in [0.1, 0.15) is 12.3 Å². The number of rotatable bonds is 5. The Bertz CT molecular complexity index is 632. The van der Waals surface area contributed by atoms with Crippen LogP contribution < -0.4 is 10.1 Å². The number of para-hydroxylation sites is 1. The van der Waals surface area contributed by atoms with E-state index in [-0.39, 0.29) is 18.0 Å². The summed E-state index contributed by atoms with van der Waals surface area (Å²) in [7, 11) is 1.63. The predicted octanol–water partition coefficient (Wildman–Crippen LogP) is 3.87. The molecule has 0 radical (unpaired) electrons. The van der Waals surface area contributed by atoms with Crippen LogP contribution in [0.5, 0.6) is 5.75 Å². The first-order valence-electron chi connectivity index (χ1n) is 5.94. The number of hydrogen-bond donors (Lipinski definition) is 1. The Morgan fingerprint density at radius 1 is 1.30 bits per heavy atom. The van der Waals surface area contributed by atoms with Crippen molar-refractivity contribution in [3.63, 3.8) is 0 Å². The smallest absolute Gasteiger partial charge is 0.333 e. The topological polar surface area (TPSA) is 64.4 Å². The molecule has 0 saturated carbocycles. The average Bonchev–Trinajstić information content (AvgIpc) is 2.44. The van der Waals surface area contributed by atoms with Gasteiger partial charge in [0, 0.05) is 12.1 Å². The summed E-state index contributed by atoms with van der Waals surface area (Å²) in [4.78, 5) is 10.7. The van der Waals surface area contributed by atoms with Gasteiger partial charge in [0.15, 0.2) is 5.75 Å². The molecule has 0 aliphatic carbocycles. The Morgan fingerprint density at radius 3 is 2.70 bits per heavy atom. The van der Waals surface area contributed by atoms with Crippen LogP contribution in [-0.2, 0) is 6.61 Å². The first-order chi connectivity index (χ1) is 9.61. The van der Waals surface area contributed by atoms with E-state index >= 15 is 0 Å². The largest absolute Gasteiger partial charge is 0.482 e. The van der Waals surface area contributed by atoms with Crippen molar-refractivity contribution < 1.29 is 9.66 Å². The van der Waals surface area contributed by atoms with Gasteiger partial charge < -0.3 is 10.1 Å². The number of nitrogens with zero attached hydrogens (tertiary/aromatic N) is 1. The highest BCUT2D eigenvalue weighted by molar-refractivity contribution is 6.30. The minimum atomic E-state index is -0.459. The molecule has 20 heavy (non-hydrogen) atoms. The van der Waals surface area contributed by atoms with Crippen LogP contribution in [0.4, 0.5) is 11.4 Å². The predicted molar refractivity (Wildman–Crippen MR) is 78.4 cm³/mol. The standard InChI is InChI=1S/C14H13ClN2O3/c1-16-12-6-3-7-13(14(12)17(18)19)20-9-10-4-2-5-11(15)8-10/h2-8,16H,9H2,1H3. The monoisotopic (exact) mass is 292 g/mol. The molecule has 0 aliphatic heterocycles. The Balaban J connectivity index is 2.23. The zero-order valence-corrected chi connectivity index (χ0v) is 11.6. The zero-order valence-electron chi connectivity index (χ0n) is 10.8. The van der Waals surface area contributed by atoms with Gasteiger partial charge in [0.2, 0.25) is 0 Å². The molecule has 0 unspecified atom stereocenters. The zero-order chi connectivity index (χ0) is 14.5. The summed E-state index contributed by atoms with van der Waals surface area (Å²) in [5.41, 5.74) is 1.19. The van der Waals surface area contributed by atoms with Crippen molar-refractivity contribution in [2.75, 3.05) is 12.4 Å². The lowest BCUT2D eigenvalue weighted by atomic mass is 10.2. The molecule has 2 rings (SSSR count). The van der Waals surface area contributed by atoms with Crippen molar-refractivity contribution in [3.8, 4) is 5.75 Å². The van der Waals surface area contributed by atoms with Crippen molar-refractivity contribution in [2.24, 2.45) is 0 Å². The van der Waals surface area contributed by atoms with Crippen LogP contribution in [0.25, 0.3) is 0 Å². The number of ether oxygens (including phenoxy) is 1. The van der Waals surface area contributed by atoms with Crippen LogP contribution in [0.3, 0.4) is 0 Å². The lowest BCUT2D eigenvalue weighted by Crippen LogP contribution is -2.02. The minimum absolute atomic E-state index is 0.0722. The lowest BCUT2D eigenvalue weighted by molar-refractivity contribution is -0.385. The van der Waals surface area contributed by atoms with E-state index in [1.165, 1.54) is 0 Å². The second-order valence-corrected chi connectivity index (χ2v) is 4.51. The van der Waals surface area contributed by atoms with E-state index < -0.39 is 4.92 Å². The van der Waals surface area contributed by atoms with Crippen molar-refractivity contribution in [1.82, 2.24) is 0 Å². The Labute approximate surface area is 121 Å². The highest BCUT2D eigenvalue weighted by atomic mass is 35.5. The van der Waals surface area contributed by atoms with Gasteiger partial charge in [-0.3, -0.25) is 10.1 Å². The lowest BCUT2D eigenvalue weighted by Gasteiger charge is -2.09. The Kier molecular flexibility index (Phi) is 4.42. The third kappa shape index (κ3) is 3.19. The van der Waals surface area contributed by atoms with Gasteiger partial charge in [-0.25, -0.2) is 0 Å². The molecule has 0 spiro atoms. The Morgan fingerprint density at radius 2 is 2.05 bits per heavy atom. The van der Waals surface area contributed by atoms with Crippen molar-refractivity contribution in [2.45, 2.75) is 6.61 Å². The maximum Gasteiger partial charge on any atom is 0.333 e. The molecule has 0 atom stereocenters. The van der Waals surface area contributed by atoms with E-state index in [2.05, 4.69) is 5.32 Å². The molecule has 2 aromatic rings. The number of anilines is 1. The number of benzene rings is 2. The van der Waals surface area contributed by atoms with Gasteiger partial charge in [0.05, 0.1) is 4.92 Å². The molecular weight excluding hydrogens is 280 g/mol. The van der Waals surface area contributed by atoms with E-state index in [0.29, 0.717) is 10.7 Å². The average molecular weight is 293 g/mol. The molecule has 2 aromatic carbocycles. The van der Waals surface area contributed by atoms with Crippen LogP contribution >= 0.6 is 11.6 Å². The summed E-state index contributed by atoms with van der Waals surface area (Å²) in [5.74, 6) is 0.224. The van der Waals surface area contributed by atoms with E-state index in [1.54, 1.807) is 43.4 Å². The second-order valence-electron chi connectivity index (χ2n) is 4.08. The minimum Gasteiger partial charge on any atom is -0.482 e. The summed E-state index contributed by atoms with van der Waals surface area (Å²) in [6.45, 7) is 0.217. The molecule has 0 bridgehead atoms. The molecular formula is C14H13ClN2O3.